The third-order valence-electron chi connectivity index (χ3n) is 5.39. The number of nitrogens with one attached hydrogen (secondary N) is 2. The summed E-state index contributed by atoms with van der Waals surface area (Å²) < 4.78 is 0. The van der Waals surface area contributed by atoms with Crippen LogP contribution in [0, 0.1) is 5.92 Å². The second-order valence-electron chi connectivity index (χ2n) is 7.49. The SMILES string of the molecule is O=C(O)CNC(=O)Cc1ccc(NC(=O)C2CCC(c3ccccc3)CC2)cc1. The van der Waals surface area contributed by atoms with E-state index in [2.05, 4.69) is 34.9 Å². The van der Waals surface area contributed by atoms with E-state index in [-0.39, 0.29) is 30.7 Å². The monoisotopic (exact) mass is 394 g/mol. The van der Waals surface area contributed by atoms with Gasteiger partial charge in [-0.3, -0.25) is 14.4 Å². The van der Waals surface area contributed by atoms with Gasteiger partial charge in [0, 0.05) is 11.6 Å². The fourth-order valence-electron chi connectivity index (χ4n) is 3.79. The minimum atomic E-state index is -1.07. The highest BCUT2D eigenvalue weighted by atomic mass is 16.4. The molecule has 0 heterocycles. The average molecular weight is 394 g/mol. The molecule has 6 nitrogen and oxygen atoms in total. The summed E-state index contributed by atoms with van der Waals surface area (Å²) >= 11 is 0. The molecule has 1 saturated carbocycles. The first kappa shape index (κ1) is 20.6. The first-order chi connectivity index (χ1) is 14.0. The van der Waals surface area contributed by atoms with Crippen LogP contribution in [-0.4, -0.2) is 29.4 Å². The van der Waals surface area contributed by atoms with Crippen molar-refractivity contribution >= 4 is 23.5 Å². The Hall–Kier alpha value is -3.15. The number of anilines is 1. The minimum Gasteiger partial charge on any atom is -0.480 e. The molecule has 2 aromatic rings. The van der Waals surface area contributed by atoms with E-state index in [4.69, 9.17) is 5.11 Å². The third-order valence-corrected chi connectivity index (χ3v) is 5.39. The van der Waals surface area contributed by atoms with Gasteiger partial charge in [0.1, 0.15) is 6.54 Å². The molecule has 1 fully saturated rings. The number of benzene rings is 2. The summed E-state index contributed by atoms with van der Waals surface area (Å²) in [4.78, 5) is 34.7. The van der Waals surface area contributed by atoms with Crippen LogP contribution >= 0.6 is 0 Å². The lowest BCUT2D eigenvalue weighted by Gasteiger charge is -2.28. The van der Waals surface area contributed by atoms with E-state index in [1.807, 2.05) is 6.07 Å². The Labute approximate surface area is 170 Å². The lowest BCUT2D eigenvalue weighted by atomic mass is 9.78. The maximum absolute atomic E-state index is 12.6. The summed E-state index contributed by atoms with van der Waals surface area (Å²) in [7, 11) is 0. The van der Waals surface area contributed by atoms with Crippen molar-refractivity contribution in [3.8, 4) is 0 Å². The number of hydrogen-bond acceptors (Lipinski definition) is 3. The molecular weight excluding hydrogens is 368 g/mol. The van der Waals surface area contributed by atoms with Crippen LogP contribution in [0.15, 0.2) is 54.6 Å². The summed E-state index contributed by atoms with van der Waals surface area (Å²) in [6, 6.07) is 17.5. The Morgan fingerprint density at radius 1 is 0.897 bits per heavy atom. The fraction of sp³-hybridized carbons (Fsp3) is 0.348. The lowest BCUT2D eigenvalue weighted by Crippen LogP contribution is -2.30. The van der Waals surface area contributed by atoms with Crippen LogP contribution in [0.1, 0.15) is 42.7 Å². The number of aliphatic carboxylic acids is 1. The van der Waals surface area contributed by atoms with E-state index in [0.29, 0.717) is 11.6 Å². The van der Waals surface area contributed by atoms with E-state index in [0.717, 1.165) is 31.2 Å². The van der Waals surface area contributed by atoms with Gasteiger partial charge in [-0.25, -0.2) is 0 Å². The molecule has 0 atom stereocenters. The standard InChI is InChI=1S/C23H26N2O4/c26-21(24-15-22(27)28)14-16-6-12-20(13-7-16)25-23(29)19-10-8-18(9-11-19)17-4-2-1-3-5-17/h1-7,12-13,18-19H,8-11,14-15H2,(H,24,26)(H,25,29)(H,27,28). The van der Waals surface area contributed by atoms with Gasteiger partial charge in [0.05, 0.1) is 6.42 Å². The van der Waals surface area contributed by atoms with Gasteiger partial charge in [0.2, 0.25) is 11.8 Å². The van der Waals surface area contributed by atoms with Crippen LogP contribution in [-0.2, 0) is 20.8 Å². The van der Waals surface area contributed by atoms with E-state index >= 15 is 0 Å². The van der Waals surface area contributed by atoms with Gasteiger partial charge >= 0.3 is 5.97 Å². The summed E-state index contributed by atoms with van der Waals surface area (Å²) in [5.74, 6) is -0.819. The number of amides is 2. The normalized spacial score (nSPS) is 18.6. The second kappa shape index (κ2) is 9.87. The van der Waals surface area contributed by atoms with Gasteiger partial charge in [-0.1, -0.05) is 42.5 Å². The van der Waals surface area contributed by atoms with Crippen molar-refractivity contribution in [2.45, 2.75) is 38.0 Å². The molecule has 3 rings (SSSR count). The zero-order valence-corrected chi connectivity index (χ0v) is 16.3. The Balaban J connectivity index is 1.46. The molecule has 1 aliphatic carbocycles. The Morgan fingerprint density at radius 3 is 2.17 bits per heavy atom. The van der Waals surface area contributed by atoms with Crippen molar-refractivity contribution in [3.05, 3.63) is 65.7 Å². The maximum atomic E-state index is 12.6. The average Bonchev–Trinajstić information content (AvgIpc) is 2.74. The number of hydrogen-bond donors (Lipinski definition) is 3. The predicted octanol–water partition coefficient (Wildman–Crippen LogP) is 3.34. The molecule has 0 saturated heterocycles. The molecule has 29 heavy (non-hydrogen) atoms. The van der Waals surface area contributed by atoms with Gasteiger partial charge in [-0.15, -0.1) is 0 Å². The smallest absolute Gasteiger partial charge is 0.322 e. The summed E-state index contributed by atoms with van der Waals surface area (Å²) in [5, 5.41) is 13.9. The van der Waals surface area contributed by atoms with Gasteiger partial charge in [-0.05, 0) is 54.9 Å². The highest BCUT2D eigenvalue weighted by Gasteiger charge is 2.27. The van der Waals surface area contributed by atoms with E-state index in [1.54, 1.807) is 24.3 Å². The van der Waals surface area contributed by atoms with Gasteiger partial charge in [-0.2, -0.15) is 0 Å². The first-order valence-corrected chi connectivity index (χ1v) is 9.94. The third kappa shape index (κ3) is 6.17. The molecule has 0 radical (unpaired) electrons. The van der Waals surface area contributed by atoms with Gasteiger partial charge in [0.25, 0.3) is 0 Å². The van der Waals surface area contributed by atoms with Gasteiger partial charge < -0.3 is 15.7 Å². The lowest BCUT2D eigenvalue weighted by molar-refractivity contribution is -0.137. The quantitative estimate of drug-likeness (QED) is 0.671. The minimum absolute atomic E-state index is 0.0245. The molecule has 0 bridgehead atoms. The van der Waals surface area contributed by atoms with Gasteiger partial charge in [0.15, 0.2) is 0 Å². The van der Waals surface area contributed by atoms with Crippen molar-refractivity contribution in [3.63, 3.8) is 0 Å². The van der Waals surface area contributed by atoms with Crippen LogP contribution in [0.4, 0.5) is 5.69 Å². The number of carboxylic acid groups (broad SMARTS) is 1. The molecule has 2 aromatic carbocycles. The Morgan fingerprint density at radius 2 is 1.55 bits per heavy atom. The molecule has 3 N–H and O–H groups in total. The molecule has 152 valence electrons. The van der Waals surface area contributed by atoms with E-state index < -0.39 is 5.97 Å². The Kier molecular flexibility index (Phi) is 7.00. The van der Waals surface area contributed by atoms with Crippen LogP contribution in [0.3, 0.4) is 0 Å². The highest BCUT2D eigenvalue weighted by molar-refractivity contribution is 5.92. The van der Waals surface area contributed by atoms with Crippen LogP contribution < -0.4 is 10.6 Å². The van der Waals surface area contributed by atoms with Crippen molar-refractivity contribution in [1.82, 2.24) is 5.32 Å². The zero-order chi connectivity index (χ0) is 20.6. The Bertz CT molecular complexity index is 841. The van der Waals surface area contributed by atoms with E-state index in [1.165, 1.54) is 5.56 Å². The van der Waals surface area contributed by atoms with Crippen molar-refractivity contribution < 1.29 is 19.5 Å². The van der Waals surface area contributed by atoms with Crippen LogP contribution in [0.2, 0.25) is 0 Å². The molecule has 6 heteroatoms. The number of carbonyl (C=O) groups is 3. The van der Waals surface area contributed by atoms with E-state index in [9.17, 15) is 14.4 Å². The highest BCUT2D eigenvalue weighted by Crippen LogP contribution is 2.36. The topological polar surface area (TPSA) is 95.5 Å². The molecule has 0 spiro atoms. The molecule has 1 aliphatic rings. The molecule has 2 amide bonds. The van der Waals surface area contributed by atoms with Crippen molar-refractivity contribution in [1.29, 1.82) is 0 Å². The predicted molar refractivity (Wildman–Crippen MR) is 111 cm³/mol. The largest absolute Gasteiger partial charge is 0.480 e. The summed E-state index contributed by atoms with van der Waals surface area (Å²) in [5.41, 5.74) is 2.82. The maximum Gasteiger partial charge on any atom is 0.322 e. The molecule has 0 aliphatic heterocycles. The first-order valence-electron chi connectivity index (χ1n) is 9.94. The fourth-order valence-corrected chi connectivity index (χ4v) is 3.79. The molecular formula is C23H26N2O4. The molecule has 0 unspecified atom stereocenters. The zero-order valence-electron chi connectivity index (χ0n) is 16.3. The van der Waals surface area contributed by atoms with Crippen LogP contribution in [0.5, 0.6) is 0 Å². The van der Waals surface area contributed by atoms with Crippen LogP contribution in [0.25, 0.3) is 0 Å². The second-order valence-corrected chi connectivity index (χ2v) is 7.49. The number of carboxylic acids is 1. The molecule has 0 aromatic heterocycles. The van der Waals surface area contributed by atoms with Crippen molar-refractivity contribution in [2.24, 2.45) is 5.92 Å². The number of carbonyl (C=O) groups excluding carboxylic acids is 2. The summed E-state index contributed by atoms with van der Waals surface area (Å²) in [6.07, 6.45) is 3.91. The summed E-state index contributed by atoms with van der Waals surface area (Å²) in [6.45, 7) is -0.389. The number of rotatable bonds is 7. The van der Waals surface area contributed by atoms with Crippen molar-refractivity contribution in [2.75, 3.05) is 11.9 Å².